The molecule has 4 nitrogen and oxygen atoms in total. The lowest BCUT2D eigenvalue weighted by atomic mass is 10.2. The fourth-order valence-electron chi connectivity index (χ4n) is 0.267. The summed E-state index contributed by atoms with van der Waals surface area (Å²) in [6, 6.07) is 0. The molecule has 0 radical (unpaired) electrons. The van der Waals surface area contributed by atoms with Gasteiger partial charge in [-0.15, -0.1) is 0 Å². The molecule has 4 heteroatoms. The van der Waals surface area contributed by atoms with E-state index >= 15 is 0 Å². The second-order valence-electron chi connectivity index (χ2n) is 3.65. The van der Waals surface area contributed by atoms with Crippen molar-refractivity contribution in [3.63, 3.8) is 0 Å². The molecule has 1 unspecified atom stereocenters. The highest BCUT2D eigenvalue weighted by atomic mass is 17.7. The summed E-state index contributed by atoms with van der Waals surface area (Å²) in [5, 5.41) is 8.69. The van der Waals surface area contributed by atoms with Gasteiger partial charge in [-0.1, -0.05) is 6.92 Å². The van der Waals surface area contributed by atoms with E-state index in [1.54, 1.807) is 0 Å². The van der Waals surface area contributed by atoms with Crippen molar-refractivity contribution < 1.29 is 19.9 Å². The lowest BCUT2D eigenvalue weighted by Gasteiger charge is -2.16. The second kappa shape index (κ2) is 5.48. The van der Waals surface area contributed by atoms with Crippen molar-refractivity contribution in [1.82, 2.24) is 0 Å². The Morgan fingerprint density at radius 1 is 1.17 bits per heavy atom. The van der Waals surface area contributed by atoms with Crippen molar-refractivity contribution in [2.75, 3.05) is 0 Å². The minimum Gasteiger partial charge on any atom is -0.201 e. The smallest absolute Gasteiger partial charge is 0.0984 e. The first-order chi connectivity index (χ1) is 5.45. The van der Waals surface area contributed by atoms with E-state index in [4.69, 9.17) is 9.78 Å². The fraction of sp³-hybridized carbons (Fsp3) is 1.00. The average Bonchev–Trinajstić information content (AvgIpc) is 1.96. The van der Waals surface area contributed by atoms with E-state index in [-0.39, 0.29) is 6.10 Å². The van der Waals surface area contributed by atoms with Crippen LogP contribution in [0.5, 0.6) is 0 Å². The SMILES string of the molecule is CCC(C)OOOOC(C)(C)C. The summed E-state index contributed by atoms with van der Waals surface area (Å²) < 4.78 is 0. The van der Waals surface area contributed by atoms with Crippen molar-refractivity contribution in [3.8, 4) is 0 Å². The largest absolute Gasteiger partial charge is 0.201 e. The third-order valence-corrected chi connectivity index (χ3v) is 1.09. The number of rotatable bonds is 5. The fourth-order valence-corrected chi connectivity index (χ4v) is 0.267. The van der Waals surface area contributed by atoms with Crippen molar-refractivity contribution >= 4 is 0 Å². The predicted octanol–water partition coefficient (Wildman–Crippen LogP) is 2.39. The summed E-state index contributed by atoms with van der Waals surface area (Å²) in [6.45, 7) is 9.40. The molecule has 0 aromatic rings. The van der Waals surface area contributed by atoms with Gasteiger partial charge in [0.2, 0.25) is 0 Å². The summed E-state index contributed by atoms with van der Waals surface area (Å²) in [4.78, 5) is 9.52. The number of hydrogen-bond acceptors (Lipinski definition) is 4. The Labute approximate surface area is 73.5 Å². The third kappa shape index (κ3) is 7.94. The van der Waals surface area contributed by atoms with Crippen molar-refractivity contribution in [2.45, 2.75) is 52.7 Å². The summed E-state index contributed by atoms with van der Waals surface area (Å²) in [5.74, 6) is 0. The highest BCUT2D eigenvalue weighted by Crippen LogP contribution is 2.07. The Morgan fingerprint density at radius 3 is 2.17 bits per heavy atom. The van der Waals surface area contributed by atoms with E-state index in [9.17, 15) is 0 Å². The van der Waals surface area contributed by atoms with E-state index < -0.39 is 5.60 Å². The van der Waals surface area contributed by atoms with Crippen LogP contribution in [0.3, 0.4) is 0 Å². The molecule has 12 heavy (non-hydrogen) atoms. The predicted molar refractivity (Wildman–Crippen MR) is 43.8 cm³/mol. The van der Waals surface area contributed by atoms with Crippen LogP contribution in [0.2, 0.25) is 0 Å². The van der Waals surface area contributed by atoms with Gasteiger partial charge in [0.05, 0.1) is 11.7 Å². The Bertz CT molecular complexity index is 108. The van der Waals surface area contributed by atoms with Crippen molar-refractivity contribution in [2.24, 2.45) is 0 Å². The van der Waals surface area contributed by atoms with Crippen LogP contribution in [0.4, 0.5) is 0 Å². The monoisotopic (exact) mass is 178 g/mol. The first-order valence-corrected chi connectivity index (χ1v) is 4.13. The van der Waals surface area contributed by atoms with Gasteiger partial charge >= 0.3 is 0 Å². The van der Waals surface area contributed by atoms with Crippen LogP contribution >= 0.6 is 0 Å². The van der Waals surface area contributed by atoms with Crippen LogP contribution in [-0.2, 0) is 19.9 Å². The lowest BCUT2D eigenvalue weighted by molar-refractivity contribution is -0.655. The number of hydrogen-bond donors (Lipinski definition) is 0. The molecule has 0 saturated heterocycles. The molecule has 0 N–H and O–H groups in total. The van der Waals surface area contributed by atoms with E-state index in [1.807, 2.05) is 34.6 Å². The molecule has 0 aliphatic rings. The molecule has 0 fully saturated rings. The van der Waals surface area contributed by atoms with E-state index in [2.05, 4.69) is 10.1 Å². The highest BCUT2D eigenvalue weighted by molar-refractivity contribution is 4.53. The molecule has 74 valence electrons. The summed E-state index contributed by atoms with van der Waals surface area (Å²) in [5.41, 5.74) is -0.390. The maximum Gasteiger partial charge on any atom is 0.0984 e. The van der Waals surface area contributed by atoms with Gasteiger partial charge in [0.15, 0.2) is 0 Å². The summed E-state index contributed by atoms with van der Waals surface area (Å²) in [7, 11) is 0. The molecule has 0 amide bonds. The van der Waals surface area contributed by atoms with Crippen LogP contribution in [0.25, 0.3) is 0 Å². The molecule has 0 aromatic heterocycles. The minimum absolute atomic E-state index is 0.00793. The first-order valence-electron chi connectivity index (χ1n) is 4.13. The normalized spacial score (nSPS) is 14.8. The second-order valence-corrected chi connectivity index (χ2v) is 3.65. The van der Waals surface area contributed by atoms with Gasteiger partial charge in [-0.05, 0) is 44.2 Å². The molecule has 0 aromatic carbocycles. The quantitative estimate of drug-likeness (QED) is 0.368. The lowest BCUT2D eigenvalue weighted by Crippen LogP contribution is -2.20. The van der Waals surface area contributed by atoms with Gasteiger partial charge in [-0.3, -0.25) is 0 Å². The zero-order valence-corrected chi connectivity index (χ0v) is 8.42. The van der Waals surface area contributed by atoms with Gasteiger partial charge in [0.25, 0.3) is 0 Å². The minimum atomic E-state index is -0.390. The molecule has 1 atom stereocenters. The maximum absolute atomic E-state index is 4.78. The zero-order chi connectivity index (χ0) is 9.61. The Balaban J connectivity index is 3.22. The molecule has 0 bridgehead atoms. The van der Waals surface area contributed by atoms with Crippen molar-refractivity contribution in [3.05, 3.63) is 0 Å². The highest BCUT2D eigenvalue weighted by Gasteiger charge is 2.12. The Morgan fingerprint density at radius 2 is 1.75 bits per heavy atom. The molecule has 0 spiro atoms. The molecule has 0 rings (SSSR count). The van der Waals surface area contributed by atoms with E-state index in [0.29, 0.717) is 0 Å². The van der Waals surface area contributed by atoms with Gasteiger partial charge < -0.3 is 0 Å². The van der Waals surface area contributed by atoms with E-state index in [1.165, 1.54) is 0 Å². The van der Waals surface area contributed by atoms with Crippen LogP contribution in [0.15, 0.2) is 0 Å². The van der Waals surface area contributed by atoms with Crippen molar-refractivity contribution in [1.29, 1.82) is 0 Å². The van der Waals surface area contributed by atoms with Gasteiger partial charge in [0, 0.05) is 0 Å². The van der Waals surface area contributed by atoms with Gasteiger partial charge in [-0.25, -0.2) is 4.89 Å². The molecular formula is C8H18O4. The Kier molecular flexibility index (Phi) is 5.41. The first kappa shape index (κ1) is 11.8. The van der Waals surface area contributed by atoms with Crippen LogP contribution < -0.4 is 0 Å². The topological polar surface area (TPSA) is 36.9 Å². The average molecular weight is 178 g/mol. The molecule has 0 saturated carbocycles. The molecule has 0 aliphatic heterocycles. The van der Waals surface area contributed by atoms with Crippen LogP contribution in [0.1, 0.15) is 41.0 Å². The summed E-state index contributed by atoms with van der Waals surface area (Å²) in [6.07, 6.45) is 0.868. The van der Waals surface area contributed by atoms with Gasteiger partial charge in [0.1, 0.15) is 0 Å². The van der Waals surface area contributed by atoms with E-state index in [0.717, 1.165) is 6.42 Å². The van der Waals surface area contributed by atoms with Crippen LogP contribution in [-0.4, -0.2) is 11.7 Å². The zero-order valence-electron chi connectivity index (χ0n) is 8.42. The molecule has 0 aliphatic carbocycles. The third-order valence-electron chi connectivity index (χ3n) is 1.09. The standard InChI is InChI=1S/C8H18O4/c1-6-7(2)9-11-12-10-8(3,4)5/h7H,6H2,1-5H3. The van der Waals surface area contributed by atoms with Gasteiger partial charge in [-0.2, -0.15) is 4.89 Å². The summed E-state index contributed by atoms with van der Waals surface area (Å²) >= 11 is 0. The molecule has 0 heterocycles. The maximum atomic E-state index is 4.78. The Hall–Kier alpha value is -0.160. The van der Waals surface area contributed by atoms with Crippen LogP contribution in [0, 0.1) is 0 Å². The molecular weight excluding hydrogens is 160 g/mol.